The lowest BCUT2D eigenvalue weighted by Crippen LogP contribution is -2.38. The Balaban J connectivity index is 0.00000264. The van der Waals surface area contributed by atoms with Crippen molar-refractivity contribution in [3.63, 3.8) is 0 Å². The average Bonchev–Trinajstić information content (AvgIpc) is 2.55. The molecule has 23 heavy (non-hydrogen) atoms. The van der Waals surface area contributed by atoms with E-state index in [-0.39, 0.29) is 24.0 Å². The minimum Gasteiger partial charge on any atom is -0.356 e. The Morgan fingerprint density at radius 2 is 1.87 bits per heavy atom. The largest absolute Gasteiger partial charge is 0.356 e. The number of thioether (sulfide) groups is 1. The first-order valence-electron chi connectivity index (χ1n) is 7.33. The Morgan fingerprint density at radius 3 is 2.57 bits per heavy atom. The van der Waals surface area contributed by atoms with Crippen molar-refractivity contribution < 1.29 is 0 Å². The predicted molar refractivity (Wildman–Crippen MR) is 110 cm³/mol. The molecule has 2 aromatic rings. The highest BCUT2D eigenvalue weighted by Gasteiger charge is 1.99. The zero-order chi connectivity index (χ0) is 15.6. The SMILES string of the molecule is CN=C(NCCSc1ccccc1)NCc1cccc(C)n1.I. The number of rotatable bonds is 6. The Kier molecular flexibility index (Phi) is 9.70. The molecule has 0 bridgehead atoms. The average molecular weight is 442 g/mol. The number of nitrogens with zero attached hydrogens (tertiary/aromatic N) is 2. The Morgan fingerprint density at radius 1 is 1.09 bits per heavy atom. The number of halogens is 1. The van der Waals surface area contributed by atoms with Gasteiger partial charge in [0.1, 0.15) is 0 Å². The van der Waals surface area contributed by atoms with E-state index in [0.29, 0.717) is 6.54 Å². The topological polar surface area (TPSA) is 49.3 Å². The Bertz CT molecular complexity index is 605. The van der Waals surface area contributed by atoms with Crippen LogP contribution in [-0.2, 0) is 6.54 Å². The maximum atomic E-state index is 4.47. The molecule has 4 nitrogen and oxygen atoms in total. The van der Waals surface area contributed by atoms with E-state index in [1.54, 1.807) is 7.05 Å². The van der Waals surface area contributed by atoms with Crippen LogP contribution in [0.15, 0.2) is 58.4 Å². The number of aryl methyl sites for hydroxylation is 1. The molecule has 1 heterocycles. The van der Waals surface area contributed by atoms with Gasteiger partial charge in [0.2, 0.25) is 0 Å². The number of pyridine rings is 1. The van der Waals surface area contributed by atoms with E-state index in [4.69, 9.17) is 0 Å². The van der Waals surface area contributed by atoms with Gasteiger partial charge in [-0.2, -0.15) is 0 Å². The molecular weight excluding hydrogens is 419 g/mol. The van der Waals surface area contributed by atoms with Crippen molar-refractivity contribution in [1.29, 1.82) is 0 Å². The van der Waals surface area contributed by atoms with Crippen molar-refractivity contribution in [2.45, 2.75) is 18.4 Å². The van der Waals surface area contributed by atoms with Gasteiger partial charge in [0.15, 0.2) is 5.96 Å². The number of aliphatic imine (C=N–C) groups is 1. The van der Waals surface area contributed by atoms with Gasteiger partial charge in [-0.1, -0.05) is 24.3 Å². The second-order valence-corrected chi connectivity index (χ2v) is 5.95. The number of hydrogen-bond donors (Lipinski definition) is 2. The molecule has 1 aromatic heterocycles. The summed E-state index contributed by atoms with van der Waals surface area (Å²) in [5, 5.41) is 6.59. The van der Waals surface area contributed by atoms with E-state index < -0.39 is 0 Å². The number of aromatic nitrogens is 1. The smallest absolute Gasteiger partial charge is 0.191 e. The van der Waals surface area contributed by atoms with Crippen molar-refractivity contribution in [3.8, 4) is 0 Å². The molecule has 0 spiro atoms. The summed E-state index contributed by atoms with van der Waals surface area (Å²) in [5.41, 5.74) is 2.04. The molecule has 0 amide bonds. The first kappa shape index (κ1) is 19.8. The minimum atomic E-state index is 0. The van der Waals surface area contributed by atoms with Gasteiger partial charge < -0.3 is 10.6 Å². The van der Waals surface area contributed by atoms with E-state index in [1.807, 2.05) is 43.0 Å². The maximum absolute atomic E-state index is 4.47. The van der Waals surface area contributed by atoms with Crippen LogP contribution in [0.4, 0.5) is 0 Å². The normalized spacial score (nSPS) is 10.8. The number of nitrogens with one attached hydrogen (secondary N) is 2. The second-order valence-electron chi connectivity index (χ2n) is 4.78. The standard InChI is InChI=1S/C17H22N4S.HI/c1-14-7-6-8-15(21-14)13-20-17(18-2)19-11-12-22-16-9-4-3-5-10-16;/h3-10H,11-13H2,1-2H3,(H2,18,19,20);1H. The van der Waals surface area contributed by atoms with Gasteiger partial charge >= 0.3 is 0 Å². The first-order chi connectivity index (χ1) is 10.8. The van der Waals surface area contributed by atoms with Crippen LogP contribution < -0.4 is 10.6 Å². The summed E-state index contributed by atoms with van der Waals surface area (Å²) in [5.74, 6) is 1.80. The van der Waals surface area contributed by atoms with Crippen molar-refractivity contribution in [2.75, 3.05) is 19.3 Å². The van der Waals surface area contributed by atoms with Crippen molar-refractivity contribution in [2.24, 2.45) is 4.99 Å². The molecule has 0 aliphatic carbocycles. The van der Waals surface area contributed by atoms with Crippen LogP contribution in [0.5, 0.6) is 0 Å². The Labute approximate surface area is 159 Å². The number of guanidine groups is 1. The van der Waals surface area contributed by atoms with Crippen LogP contribution in [0, 0.1) is 6.92 Å². The highest BCUT2D eigenvalue weighted by atomic mass is 127. The van der Waals surface area contributed by atoms with Crippen LogP contribution in [0.1, 0.15) is 11.4 Å². The molecule has 2 rings (SSSR count). The summed E-state index contributed by atoms with van der Waals surface area (Å²) in [7, 11) is 1.78. The molecule has 0 unspecified atom stereocenters. The van der Waals surface area contributed by atoms with Crippen LogP contribution in [0.2, 0.25) is 0 Å². The van der Waals surface area contributed by atoms with Crippen LogP contribution in [-0.4, -0.2) is 30.3 Å². The molecule has 0 saturated carbocycles. The molecule has 0 aliphatic heterocycles. The second kappa shape index (κ2) is 11.3. The fourth-order valence-electron chi connectivity index (χ4n) is 1.95. The molecule has 2 N–H and O–H groups in total. The van der Waals surface area contributed by atoms with Gasteiger partial charge in [0, 0.05) is 29.9 Å². The molecule has 0 fully saturated rings. The predicted octanol–water partition coefficient (Wildman–Crippen LogP) is 3.47. The third kappa shape index (κ3) is 7.69. The molecule has 0 saturated heterocycles. The summed E-state index contributed by atoms with van der Waals surface area (Å²) in [6.45, 7) is 3.53. The van der Waals surface area contributed by atoms with Gasteiger partial charge in [-0.3, -0.25) is 9.98 Å². The third-order valence-corrected chi connectivity index (χ3v) is 4.03. The number of hydrogen-bond acceptors (Lipinski definition) is 3. The van der Waals surface area contributed by atoms with Crippen molar-refractivity contribution >= 4 is 41.7 Å². The van der Waals surface area contributed by atoms with Gasteiger partial charge in [0.05, 0.1) is 12.2 Å². The maximum Gasteiger partial charge on any atom is 0.191 e. The van der Waals surface area contributed by atoms with Crippen LogP contribution in [0.3, 0.4) is 0 Å². The van der Waals surface area contributed by atoms with Gasteiger partial charge in [0.25, 0.3) is 0 Å². The fourth-order valence-corrected chi connectivity index (χ4v) is 2.74. The van der Waals surface area contributed by atoms with E-state index in [1.165, 1.54) is 4.90 Å². The molecule has 6 heteroatoms. The minimum absolute atomic E-state index is 0. The first-order valence-corrected chi connectivity index (χ1v) is 8.31. The highest BCUT2D eigenvalue weighted by molar-refractivity contribution is 14.0. The molecule has 1 aromatic carbocycles. The van der Waals surface area contributed by atoms with E-state index in [0.717, 1.165) is 29.6 Å². The van der Waals surface area contributed by atoms with Crippen molar-refractivity contribution in [1.82, 2.24) is 15.6 Å². The summed E-state index contributed by atoms with van der Waals surface area (Å²) < 4.78 is 0. The monoisotopic (exact) mass is 442 g/mol. The highest BCUT2D eigenvalue weighted by Crippen LogP contribution is 2.15. The lowest BCUT2D eigenvalue weighted by molar-refractivity contribution is 0.809. The molecule has 0 radical (unpaired) electrons. The van der Waals surface area contributed by atoms with E-state index >= 15 is 0 Å². The van der Waals surface area contributed by atoms with Gasteiger partial charge in [-0.15, -0.1) is 35.7 Å². The van der Waals surface area contributed by atoms with Gasteiger partial charge in [-0.05, 0) is 31.2 Å². The van der Waals surface area contributed by atoms with E-state index in [9.17, 15) is 0 Å². The molecule has 0 aliphatic rings. The quantitative estimate of drug-likeness (QED) is 0.237. The van der Waals surface area contributed by atoms with Crippen LogP contribution in [0.25, 0.3) is 0 Å². The number of benzene rings is 1. The zero-order valence-corrected chi connectivity index (χ0v) is 16.6. The summed E-state index contributed by atoms with van der Waals surface area (Å²) in [6.07, 6.45) is 0. The van der Waals surface area contributed by atoms with Gasteiger partial charge in [-0.25, -0.2) is 0 Å². The molecule has 124 valence electrons. The van der Waals surface area contributed by atoms with Crippen molar-refractivity contribution in [3.05, 3.63) is 59.9 Å². The Hall–Kier alpha value is -1.28. The molecule has 0 atom stereocenters. The lowest BCUT2D eigenvalue weighted by atomic mass is 10.3. The zero-order valence-electron chi connectivity index (χ0n) is 13.5. The summed E-state index contributed by atoms with van der Waals surface area (Å²) in [4.78, 5) is 9.98. The fraction of sp³-hybridized carbons (Fsp3) is 0.294. The van der Waals surface area contributed by atoms with E-state index in [2.05, 4.69) is 44.9 Å². The summed E-state index contributed by atoms with van der Waals surface area (Å²) in [6, 6.07) is 16.4. The lowest BCUT2D eigenvalue weighted by Gasteiger charge is -2.11. The summed E-state index contributed by atoms with van der Waals surface area (Å²) >= 11 is 1.83. The third-order valence-electron chi connectivity index (χ3n) is 3.01. The molecular formula is C17H23IN4S. The van der Waals surface area contributed by atoms with Crippen LogP contribution >= 0.6 is 35.7 Å².